The third kappa shape index (κ3) is 2.99. The Hall–Kier alpha value is -2.43. The summed E-state index contributed by atoms with van der Waals surface area (Å²) in [4.78, 5) is 6.80. The van der Waals surface area contributed by atoms with Crippen molar-refractivity contribution in [2.75, 3.05) is 14.1 Å². The topological polar surface area (TPSA) is 30.3 Å². The molecule has 1 unspecified atom stereocenters. The number of aromatic nitrogens is 2. The molecule has 128 valence electrons. The highest BCUT2D eigenvalue weighted by Gasteiger charge is 2.14. The molecule has 3 aromatic rings. The fraction of sp³-hybridized carbons (Fsp3) is 0.286. The minimum atomic E-state index is 0.394. The van der Waals surface area contributed by atoms with Gasteiger partial charge in [0.15, 0.2) is 0 Å². The van der Waals surface area contributed by atoms with Crippen LogP contribution in [0.4, 0.5) is 0 Å². The van der Waals surface area contributed by atoms with Crippen molar-refractivity contribution < 1.29 is 4.74 Å². The molecule has 0 radical (unpaired) electrons. The molecule has 25 heavy (non-hydrogen) atoms. The molecule has 0 bridgehead atoms. The van der Waals surface area contributed by atoms with E-state index in [4.69, 9.17) is 4.74 Å². The maximum atomic E-state index is 5.53. The molecular weight excluding hydrogens is 310 g/mol. The van der Waals surface area contributed by atoms with Gasteiger partial charge < -0.3 is 9.64 Å². The maximum Gasteiger partial charge on any atom is 0.144 e. The van der Waals surface area contributed by atoms with Crippen LogP contribution in [0.15, 0.2) is 54.9 Å². The van der Waals surface area contributed by atoms with Crippen molar-refractivity contribution in [2.24, 2.45) is 0 Å². The van der Waals surface area contributed by atoms with Gasteiger partial charge in [0.25, 0.3) is 0 Å². The lowest BCUT2D eigenvalue weighted by Gasteiger charge is -2.20. The van der Waals surface area contributed by atoms with E-state index < -0.39 is 0 Å². The number of benzene rings is 2. The van der Waals surface area contributed by atoms with Gasteiger partial charge in [-0.1, -0.05) is 30.3 Å². The van der Waals surface area contributed by atoms with Crippen LogP contribution in [0.3, 0.4) is 0 Å². The number of ether oxygens (including phenoxy) is 1. The van der Waals surface area contributed by atoms with Crippen LogP contribution in [-0.2, 0) is 18.0 Å². The fourth-order valence-electron chi connectivity index (χ4n) is 3.24. The van der Waals surface area contributed by atoms with Gasteiger partial charge in [0.1, 0.15) is 5.82 Å². The lowest BCUT2D eigenvalue weighted by Crippen LogP contribution is -2.16. The number of rotatable bonds is 4. The normalized spacial score (nSPS) is 14.7. The number of nitrogens with zero attached hydrogens (tertiary/aromatic N) is 3. The van der Waals surface area contributed by atoms with Gasteiger partial charge in [-0.05, 0) is 49.8 Å². The molecule has 4 heteroatoms. The summed E-state index contributed by atoms with van der Waals surface area (Å²) in [6, 6.07) is 15.6. The summed E-state index contributed by atoms with van der Waals surface area (Å²) >= 11 is 0. The summed E-state index contributed by atoms with van der Waals surface area (Å²) in [6.45, 7) is 3.63. The number of fused-ring (bicyclic) bond motifs is 1. The van der Waals surface area contributed by atoms with E-state index in [1.807, 2.05) is 12.4 Å². The minimum absolute atomic E-state index is 0.394. The molecule has 0 aliphatic carbocycles. The second-order valence-electron chi connectivity index (χ2n) is 6.83. The minimum Gasteiger partial charge on any atom is -0.372 e. The first-order chi connectivity index (χ1) is 12.1. The van der Waals surface area contributed by atoms with Gasteiger partial charge >= 0.3 is 0 Å². The van der Waals surface area contributed by atoms with Gasteiger partial charge in [0.05, 0.1) is 13.2 Å². The summed E-state index contributed by atoms with van der Waals surface area (Å²) in [5.74, 6) is 0.961. The van der Waals surface area contributed by atoms with E-state index in [0.717, 1.165) is 23.7 Å². The van der Waals surface area contributed by atoms with E-state index in [-0.39, 0.29) is 0 Å². The van der Waals surface area contributed by atoms with Crippen molar-refractivity contribution in [1.82, 2.24) is 14.5 Å². The standard InChI is InChI=1S/C21H23N3O/c1-15(23(2)3)16-4-6-17(7-5-16)21-22-10-11-24(21)20-9-8-18-13-25-14-19(18)12-20/h4-12,15H,13-14H2,1-3H3. The molecule has 1 aliphatic rings. The van der Waals surface area contributed by atoms with Gasteiger partial charge in [-0.25, -0.2) is 4.98 Å². The summed E-state index contributed by atoms with van der Waals surface area (Å²) in [7, 11) is 4.20. The first-order valence-corrected chi connectivity index (χ1v) is 8.63. The molecular formula is C21H23N3O. The Kier molecular flexibility index (Phi) is 4.15. The van der Waals surface area contributed by atoms with Crippen LogP contribution in [-0.4, -0.2) is 28.5 Å². The van der Waals surface area contributed by atoms with Crippen LogP contribution in [0.2, 0.25) is 0 Å². The van der Waals surface area contributed by atoms with Crippen molar-refractivity contribution in [2.45, 2.75) is 26.2 Å². The molecule has 2 heterocycles. The summed E-state index contributed by atoms with van der Waals surface area (Å²) < 4.78 is 7.67. The van der Waals surface area contributed by atoms with Crippen molar-refractivity contribution >= 4 is 0 Å². The molecule has 0 fully saturated rings. The Labute approximate surface area is 148 Å². The molecule has 0 saturated heterocycles. The van der Waals surface area contributed by atoms with Gasteiger partial charge in [0, 0.05) is 29.7 Å². The van der Waals surface area contributed by atoms with Crippen LogP contribution >= 0.6 is 0 Å². The molecule has 0 amide bonds. The number of imidazole rings is 1. The molecule has 1 aromatic heterocycles. The van der Waals surface area contributed by atoms with Gasteiger partial charge in [-0.2, -0.15) is 0 Å². The Morgan fingerprint density at radius 2 is 1.80 bits per heavy atom. The summed E-state index contributed by atoms with van der Waals surface area (Å²) in [5, 5.41) is 0. The lowest BCUT2D eigenvalue weighted by molar-refractivity contribution is 0.134. The zero-order valence-corrected chi connectivity index (χ0v) is 14.9. The van der Waals surface area contributed by atoms with E-state index in [1.165, 1.54) is 16.7 Å². The molecule has 1 aliphatic heterocycles. The van der Waals surface area contributed by atoms with Crippen molar-refractivity contribution in [3.05, 3.63) is 71.5 Å². The SMILES string of the molecule is CC(c1ccc(-c2nccn2-c2ccc3c(c2)COC3)cc1)N(C)C. The van der Waals surface area contributed by atoms with Crippen LogP contribution in [0, 0.1) is 0 Å². The monoisotopic (exact) mass is 333 g/mol. The molecule has 4 nitrogen and oxygen atoms in total. The van der Waals surface area contributed by atoms with E-state index >= 15 is 0 Å². The average Bonchev–Trinajstić information content (AvgIpc) is 3.29. The first kappa shape index (κ1) is 16.1. The van der Waals surface area contributed by atoms with Crippen LogP contribution in [0.25, 0.3) is 17.1 Å². The zero-order valence-electron chi connectivity index (χ0n) is 14.9. The van der Waals surface area contributed by atoms with Crippen LogP contribution < -0.4 is 0 Å². The largest absolute Gasteiger partial charge is 0.372 e. The Morgan fingerprint density at radius 1 is 1.04 bits per heavy atom. The van der Waals surface area contributed by atoms with Crippen molar-refractivity contribution in [1.29, 1.82) is 0 Å². The van der Waals surface area contributed by atoms with E-state index in [2.05, 4.69) is 77.9 Å². The molecule has 0 saturated carbocycles. The highest BCUT2D eigenvalue weighted by Crippen LogP contribution is 2.27. The highest BCUT2D eigenvalue weighted by atomic mass is 16.5. The Morgan fingerprint density at radius 3 is 2.56 bits per heavy atom. The van der Waals surface area contributed by atoms with E-state index in [0.29, 0.717) is 12.6 Å². The Bertz CT molecular complexity index is 880. The second kappa shape index (κ2) is 6.47. The van der Waals surface area contributed by atoms with Crippen molar-refractivity contribution in [3.8, 4) is 17.1 Å². The fourth-order valence-corrected chi connectivity index (χ4v) is 3.24. The van der Waals surface area contributed by atoms with E-state index in [9.17, 15) is 0 Å². The lowest BCUT2D eigenvalue weighted by atomic mass is 10.0. The highest BCUT2D eigenvalue weighted by molar-refractivity contribution is 5.60. The van der Waals surface area contributed by atoms with Gasteiger partial charge in [-0.15, -0.1) is 0 Å². The third-order valence-corrected chi connectivity index (χ3v) is 5.05. The smallest absolute Gasteiger partial charge is 0.144 e. The number of hydrogen-bond donors (Lipinski definition) is 0. The van der Waals surface area contributed by atoms with Gasteiger partial charge in [-0.3, -0.25) is 4.57 Å². The zero-order chi connectivity index (χ0) is 17.4. The predicted octanol–water partition coefficient (Wildman–Crippen LogP) is 4.19. The van der Waals surface area contributed by atoms with Crippen LogP contribution in [0.5, 0.6) is 0 Å². The molecule has 0 spiro atoms. The average molecular weight is 333 g/mol. The molecule has 4 rings (SSSR count). The third-order valence-electron chi connectivity index (χ3n) is 5.05. The second-order valence-corrected chi connectivity index (χ2v) is 6.83. The number of hydrogen-bond acceptors (Lipinski definition) is 3. The predicted molar refractivity (Wildman–Crippen MR) is 99.6 cm³/mol. The van der Waals surface area contributed by atoms with Crippen LogP contribution in [0.1, 0.15) is 29.7 Å². The van der Waals surface area contributed by atoms with E-state index in [1.54, 1.807) is 0 Å². The quantitative estimate of drug-likeness (QED) is 0.717. The first-order valence-electron chi connectivity index (χ1n) is 8.63. The van der Waals surface area contributed by atoms with Crippen molar-refractivity contribution in [3.63, 3.8) is 0 Å². The maximum absolute atomic E-state index is 5.53. The molecule has 1 atom stereocenters. The summed E-state index contributed by atoms with van der Waals surface area (Å²) in [5.41, 5.74) is 6.11. The molecule has 2 aromatic carbocycles. The summed E-state index contributed by atoms with van der Waals surface area (Å²) in [6.07, 6.45) is 3.87. The Balaban J connectivity index is 1.68. The van der Waals surface area contributed by atoms with Gasteiger partial charge in [0.2, 0.25) is 0 Å². The molecule has 0 N–H and O–H groups in total.